The lowest BCUT2D eigenvalue weighted by Crippen LogP contribution is -2.24. The first-order valence-electron chi connectivity index (χ1n) is 6.79. The van der Waals surface area contributed by atoms with Crippen LogP contribution in [0, 0.1) is 5.41 Å². The van der Waals surface area contributed by atoms with E-state index in [4.69, 9.17) is 0 Å². The Bertz CT molecular complexity index is 402. The van der Waals surface area contributed by atoms with Crippen molar-refractivity contribution in [2.75, 3.05) is 42.7 Å². The molecular formula is C13H26N6. The van der Waals surface area contributed by atoms with Gasteiger partial charge in [0.05, 0.1) is 0 Å². The smallest absolute Gasteiger partial charge is 0.231 e. The zero-order valence-electron chi connectivity index (χ0n) is 12.9. The average Bonchev–Trinajstić information content (AvgIpc) is 2.37. The van der Waals surface area contributed by atoms with Crippen molar-refractivity contribution in [1.29, 1.82) is 0 Å². The zero-order chi connectivity index (χ0) is 14.5. The minimum Gasteiger partial charge on any atom is -0.354 e. The van der Waals surface area contributed by atoms with Gasteiger partial charge in [-0.25, -0.2) is 0 Å². The van der Waals surface area contributed by atoms with Gasteiger partial charge in [0.1, 0.15) is 0 Å². The highest BCUT2D eigenvalue weighted by Crippen LogP contribution is 2.20. The van der Waals surface area contributed by atoms with Gasteiger partial charge in [-0.15, -0.1) is 0 Å². The fourth-order valence-corrected chi connectivity index (χ4v) is 1.32. The maximum Gasteiger partial charge on any atom is 0.231 e. The molecule has 1 rings (SSSR count). The third-order valence-electron chi connectivity index (χ3n) is 3.04. The Hall–Kier alpha value is -1.59. The van der Waals surface area contributed by atoms with Crippen LogP contribution in [0.1, 0.15) is 34.1 Å². The third kappa shape index (κ3) is 4.89. The van der Waals surface area contributed by atoms with Crippen LogP contribution in [0.3, 0.4) is 0 Å². The molecule has 0 aliphatic carbocycles. The number of hydrogen-bond acceptors (Lipinski definition) is 6. The van der Waals surface area contributed by atoms with Crippen molar-refractivity contribution in [1.82, 2.24) is 15.0 Å². The first-order chi connectivity index (χ1) is 8.88. The van der Waals surface area contributed by atoms with Gasteiger partial charge in [0.2, 0.25) is 17.8 Å². The van der Waals surface area contributed by atoms with Crippen molar-refractivity contribution in [2.45, 2.75) is 34.1 Å². The van der Waals surface area contributed by atoms with Crippen LogP contribution < -0.4 is 15.5 Å². The predicted octanol–water partition coefficient (Wildman–Crippen LogP) is 2.22. The maximum absolute atomic E-state index is 4.41. The molecule has 1 heterocycles. The van der Waals surface area contributed by atoms with Crippen LogP contribution in [0.2, 0.25) is 0 Å². The fourth-order valence-electron chi connectivity index (χ4n) is 1.32. The first-order valence-corrected chi connectivity index (χ1v) is 6.79. The summed E-state index contributed by atoms with van der Waals surface area (Å²) >= 11 is 0. The number of nitrogens with zero attached hydrogens (tertiary/aromatic N) is 4. The summed E-state index contributed by atoms with van der Waals surface area (Å²) in [6.45, 7) is 10.3. The SMILES string of the molecule is CCNc1nc(NCC(C)(C)CC)nc(N(C)C)n1. The summed E-state index contributed by atoms with van der Waals surface area (Å²) in [5, 5.41) is 6.43. The lowest BCUT2D eigenvalue weighted by Gasteiger charge is -2.23. The van der Waals surface area contributed by atoms with E-state index in [-0.39, 0.29) is 5.41 Å². The van der Waals surface area contributed by atoms with Gasteiger partial charge in [-0.1, -0.05) is 20.8 Å². The Balaban J connectivity index is 2.87. The van der Waals surface area contributed by atoms with Crippen molar-refractivity contribution in [3.8, 4) is 0 Å². The van der Waals surface area contributed by atoms with Gasteiger partial charge >= 0.3 is 0 Å². The van der Waals surface area contributed by atoms with Crippen LogP contribution in [-0.2, 0) is 0 Å². The van der Waals surface area contributed by atoms with Crippen LogP contribution in [0.5, 0.6) is 0 Å². The molecule has 0 aliphatic rings. The molecule has 19 heavy (non-hydrogen) atoms. The summed E-state index contributed by atoms with van der Waals surface area (Å²) in [7, 11) is 3.84. The van der Waals surface area contributed by atoms with Gasteiger partial charge in [-0.3, -0.25) is 0 Å². The second kappa shape index (κ2) is 6.54. The molecule has 1 aromatic rings. The molecule has 0 saturated heterocycles. The molecule has 0 aromatic carbocycles. The Morgan fingerprint density at radius 3 is 2.05 bits per heavy atom. The van der Waals surface area contributed by atoms with Crippen LogP contribution in [0.25, 0.3) is 0 Å². The van der Waals surface area contributed by atoms with Crippen molar-refractivity contribution in [3.63, 3.8) is 0 Å². The summed E-state index contributed by atoms with van der Waals surface area (Å²) in [6.07, 6.45) is 1.10. The Morgan fingerprint density at radius 2 is 1.58 bits per heavy atom. The van der Waals surface area contributed by atoms with Gasteiger partial charge in [0, 0.05) is 27.2 Å². The number of anilines is 3. The van der Waals surface area contributed by atoms with Crippen LogP contribution in [0.15, 0.2) is 0 Å². The van der Waals surface area contributed by atoms with Gasteiger partial charge in [0.25, 0.3) is 0 Å². The second-order valence-corrected chi connectivity index (χ2v) is 5.58. The van der Waals surface area contributed by atoms with Crippen molar-refractivity contribution < 1.29 is 0 Å². The summed E-state index contributed by atoms with van der Waals surface area (Å²) in [4.78, 5) is 15.0. The van der Waals surface area contributed by atoms with Gasteiger partial charge < -0.3 is 15.5 Å². The normalized spacial score (nSPS) is 11.3. The molecule has 0 saturated carbocycles. The summed E-state index contributed by atoms with van der Waals surface area (Å²) in [5.41, 5.74) is 0.225. The summed E-state index contributed by atoms with van der Waals surface area (Å²) < 4.78 is 0. The topological polar surface area (TPSA) is 66.0 Å². The summed E-state index contributed by atoms with van der Waals surface area (Å²) in [6, 6.07) is 0. The summed E-state index contributed by atoms with van der Waals surface area (Å²) in [5.74, 6) is 1.89. The van der Waals surface area contributed by atoms with Crippen molar-refractivity contribution in [3.05, 3.63) is 0 Å². The monoisotopic (exact) mass is 266 g/mol. The van der Waals surface area contributed by atoms with E-state index in [1.54, 1.807) is 0 Å². The Labute approximate surface area is 116 Å². The van der Waals surface area contributed by atoms with E-state index in [1.165, 1.54) is 0 Å². The highest BCUT2D eigenvalue weighted by atomic mass is 15.3. The first kappa shape index (κ1) is 15.5. The molecule has 0 aliphatic heterocycles. The fraction of sp³-hybridized carbons (Fsp3) is 0.769. The molecule has 108 valence electrons. The molecule has 0 spiro atoms. The van der Waals surface area contributed by atoms with Gasteiger partial charge in [0.15, 0.2) is 0 Å². The minimum atomic E-state index is 0.225. The van der Waals surface area contributed by atoms with Crippen LogP contribution in [-0.4, -0.2) is 42.1 Å². The van der Waals surface area contributed by atoms with Crippen LogP contribution in [0.4, 0.5) is 17.8 Å². The second-order valence-electron chi connectivity index (χ2n) is 5.58. The zero-order valence-corrected chi connectivity index (χ0v) is 12.9. The highest BCUT2D eigenvalue weighted by Gasteiger charge is 2.16. The van der Waals surface area contributed by atoms with E-state index in [0.29, 0.717) is 17.8 Å². The average molecular weight is 266 g/mol. The molecule has 0 unspecified atom stereocenters. The molecule has 0 radical (unpaired) electrons. The molecule has 0 amide bonds. The molecule has 6 heteroatoms. The molecular weight excluding hydrogens is 240 g/mol. The Morgan fingerprint density at radius 1 is 1.00 bits per heavy atom. The number of rotatable bonds is 7. The van der Waals surface area contributed by atoms with Gasteiger partial charge in [-0.2, -0.15) is 15.0 Å². The Kier molecular flexibility index (Phi) is 5.32. The number of hydrogen-bond donors (Lipinski definition) is 2. The molecule has 2 N–H and O–H groups in total. The van der Waals surface area contributed by atoms with Gasteiger partial charge in [-0.05, 0) is 18.8 Å². The largest absolute Gasteiger partial charge is 0.354 e. The van der Waals surface area contributed by atoms with E-state index >= 15 is 0 Å². The third-order valence-corrected chi connectivity index (χ3v) is 3.04. The molecule has 0 bridgehead atoms. The lowest BCUT2D eigenvalue weighted by atomic mass is 9.90. The lowest BCUT2D eigenvalue weighted by molar-refractivity contribution is 0.376. The standard InChI is InChI=1S/C13H26N6/c1-7-13(3,4)9-15-11-16-10(14-8-2)17-12(18-11)19(5)6/h7-9H2,1-6H3,(H2,14,15,16,17,18). The van der Waals surface area contributed by atoms with E-state index in [9.17, 15) is 0 Å². The highest BCUT2D eigenvalue weighted by molar-refractivity contribution is 5.42. The molecule has 6 nitrogen and oxygen atoms in total. The van der Waals surface area contributed by atoms with E-state index in [0.717, 1.165) is 19.5 Å². The number of aromatic nitrogens is 3. The number of nitrogens with one attached hydrogen (secondary N) is 2. The van der Waals surface area contributed by atoms with E-state index in [1.807, 2.05) is 25.9 Å². The predicted molar refractivity (Wildman–Crippen MR) is 80.9 cm³/mol. The van der Waals surface area contributed by atoms with E-state index < -0.39 is 0 Å². The quantitative estimate of drug-likeness (QED) is 0.789. The van der Waals surface area contributed by atoms with E-state index in [2.05, 4.69) is 46.4 Å². The molecule has 1 aromatic heterocycles. The van der Waals surface area contributed by atoms with Crippen LogP contribution >= 0.6 is 0 Å². The minimum absolute atomic E-state index is 0.225. The van der Waals surface area contributed by atoms with Crippen molar-refractivity contribution in [2.24, 2.45) is 5.41 Å². The molecule has 0 atom stereocenters. The van der Waals surface area contributed by atoms with Crippen molar-refractivity contribution >= 4 is 17.8 Å². The molecule has 0 fully saturated rings. The maximum atomic E-state index is 4.41.